The topological polar surface area (TPSA) is 73.6 Å². The van der Waals surface area contributed by atoms with Crippen LogP contribution in [0.2, 0.25) is 0 Å². The number of aromatic hydroxyl groups is 2. The average molecular weight is 439 g/mol. The molecule has 0 saturated heterocycles. The highest BCUT2D eigenvalue weighted by molar-refractivity contribution is 7.80. The third-order valence-electron chi connectivity index (χ3n) is 5.41. The quantitative estimate of drug-likeness (QED) is 0.465. The van der Waals surface area contributed by atoms with Crippen LogP contribution >= 0.6 is 12.2 Å². The molecule has 0 bridgehead atoms. The fourth-order valence-electron chi connectivity index (χ4n) is 3.88. The summed E-state index contributed by atoms with van der Waals surface area (Å²) in [6.45, 7) is 8.96. The molecule has 2 aromatic carbocycles. The second kappa shape index (κ2) is 9.39. The Labute approximate surface area is 188 Å². The van der Waals surface area contributed by atoms with E-state index in [9.17, 15) is 10.2 Å². The van der Waals surface area contributed by atoms with Crippen molar-refractivity contribution in [3.8, 4) is 11.5 Å². The summed E-state index contributed by atoms with van der Waals surface area (Å²) in [5.41, 5.74) is 4.93. The van der Waals surface area contributed by atoms with Crippen molar-refractivity contribution in [2.45, 2.75) is 47.1 Å². The number of imidazole rings is 1. The molecule has 0 saturated carbocycles. The molecule has 3 aromatic rings. The van der Waals surface area contributed by atoms with Gasteiger partial charge in [0.25, 0.3) is 0 Å². The average Bonchev–Trinajstić information content (AvgIpc) is 3.07. The van der Waals surface area contributed by atoms with Gasteiger partial charge in [-0.05, 0) is 68.7 Å². The monoisotopic (exact) mass is 438 g/mol. The number of rotatable bonds is 6. The first-order chi connectivity index (χ1) is 14.9. The van der Waals surface area contributed by atoms with Gasteiger partial charge in [0, 0.05) is 25.2 Å². The summed E-state index contributed by atoms with van der Waals surface area (Å²) in [7, 11) is 1.78. The molecule has 3 rings (SSSR count). The van der Waals surface area contributed by atoms with E-state index < -0.39 is 0 Å². The maximum atomic E-state index is 10.7. The predicted molar refractivity (Wildman–Crippen MR) is 132 cm³/mol. The van der Waals surface area contributed by atoms with Gasteiger partial charge in [0.1, 0.15) is 17.3 Å². The van der Waals surface area contributed by atoms with Crippen LogP contribution in [0.5, 0.6) is 11.5 Å². The lowest BCUT2D eigenvalue weighted by molar-refractivity contribution is 0.445. The molecule has 0 amide bonds. The zero-order chi connectivity index (χ0) is 22.7. The number of fused-ring (bicyclic) bond motifs is 1. The van der Waals surface area contributed by atoms with Gasteiger partial charge in [-0.25, -0.2) is 4.98 Å². The molecule has 3 N–H and O–H groups in total. The van der Waals surface area contributed by atoms with Crippen molar-refractivity contribution in [3.05, 3.63) is 53.4 Å². The Morgan fingerprint density at radius 2 is 1.90 bits per heavy atom. The van der Waals surface area contributed by atoms with E-state index in [0.29, 0.717) is 17.1 Å². The Morgan fingerprint density at radius 3 is 2.52 bits per heavy atom. The summed E-state index contributed by atoms with van der Waals surface area (Å²) in [6.07, 6.45) is 3.41. The summed E-state index contributed by atoms with van der Waals surface area (Å²) < 4.78 is 2.17. The van der Waals surface area contributed by atoms with Crippen molar-refractivity contribution in [1.29, 1.82) is 0 Å². The Bertz CT molecular complexity index is 1150. The first-order valence-electron chi connectivity index (χ1n) is 10.6. The molecule has 0 atom stereocenters. The number of hydrogen-bond donors (Lipinski definition) is 3. The summed E-state index contributed by atoms with van der Waals surface area (Å²) in [5, 5.41) is 24.4. The number of hydrogen-bond acceptors (Lipinski definition) is 4. The van der Waals surface area contributed by atoms with Gasteiger partial charge in [-0.2, -0.15) is 0 Å². The van der Waals surface area contributed by atoms with Crippen LogP contribution in [0.4, 0.5) is 5.69 Å². The minimum Gasteiger partial charge on any atom is -0.508 e. The summed E-state index contributed by atoms with van der Waals surface area (Å²) in [4.78, 5) is 6.62. The van der Waals surface area contributed by atoms with Gasteiger partial charge < -0.3 is 20.1 Å². The van der Waals surface area contributed by atoms with E-state index in [4.69, 9.17) is 17.2 Å². The highest BCUT2D eigenvalue weighted by Crippen LogP contribution is 2.37. The molecule has 1 aromatic heterocycles. The highest BCUT2D eigenvalue weighted by atomic mass is 32.1. The van der Waals surface area contributed by atoms with Crippen LogP contribution in [-0.2, 0) is 13.0 Å². The van der Waals surface area contributed by atoms with Gasteiger partial charge in [0.15, 0.2) is 5.11 Å². The molecule has 31 heavy (non-hydrogen) atoms. The second-order valence-corrected chi connectivity index (χ2v) is 7.70. The van der Waals surface area contributed by atoms with Crippen molar-refractivity contribution >= 4 is 39.7 Å². The van der Waals surface area contributed by atoms with Gasteiger partial charge in [-0.1, -0.05) is 19.9 Å². The molecule has 6 nitrogen and oxygen atoms in total. The molecule has 0 aliphatic heterocycles. The first-order valence-corrected chi connectivity index (χ1v) is 11.0. The van der Waals surface area contributed by atoms with Gasteiger partial charge in [0.05, 0.1) is 22.4 Å². The number of thiocarbonyl (C=S) groups is 1. The van der Waals surface area contributed by atoms with Crippen LogP contribution in [-0.4, -0.2) is 31.9 Å². The Morgan fingerprint density at radius 1 is 1.16 bits per heavy atom. The molecule has 1 heterocycles. The molecule has 164 valence electrons. The minimum absolute atomic E-state index is 0.00508. The zero-order valence-electron chi connectivity index (χ0n) is 18.7. The molecule has 0 fully saturated rings. The van der Waals surface area contributed by atoms with E-state index in [-0.39, 0.29) is 11.5 Å². The minimum atomic E-state index is 0.00508. The van der Waals surface area contributed by atoms with Gasteiger partial charge >= 0.3 is 0 Å². The van der Waals surface area contributed by atoms with Crippen molar-refractivity contribution in [2.24, 2.45) is 0 Å². The van der Waals surface area contributed by atoms with Crippen molar-refractivity contribution in [1.82, 2.24) is 14.9 Å². The number of nitrogens with one attached hydrogen (secondary N) is 1. The fraction of sp³-hybridized carbons (Fsp3) is 0.333. The third-order valence-corrected chi connectivity index (χ3v) is 5.79. The van der Waals surface area contributed by atoms with Gasteiger partial charge in [-0.15, -0.1) is 0 Å². The maximum absolute atomic E-state index is 10.7. The lowest BCUT2D eigenvalue weighted by Crippen LogP contribution is -2.36. The molecule has 0 aliphatic carbocycles. The first kappa shape index (κ1) is 22.6. The van der Waals surface area contributed by atoms with Crippen molar-refractivity contribution in [2.75, 3.05) is 11.9 Å². The number of phenols is 2. The van der Waals surface area contributed by atoms with Crippen molar-refractivity contribution in [3.63, 3.8) is 0 Å². The predicted octanol–water partition coefficient (Wildman–Crippen LogP) is 5.10. The molecular weight excluding hydrogens is 408 g/mol. The zero-order valence-corrected chi connectivity index (χ0v) is 19.5. The number of aryl methyl sites for hydroxylation is 3. The lowest BCUT2D eigenvalue weighted by Gasteiger charge is -2.29. The molecule has 0 aliphatic rings. The maximum Gasteiger partial charge on any atom is 0.177 e. The van der Waals surface area contributed by atoms with Crippen LogP contribution in [0.15, 0.2) is 36.4 Å². The number of phenolic OH excluding ortho intramolecular Hbond substituents is 2. The van der Waals surface area contributed by atoms with E-state index in [1.165, 1.54) is 6.07 Å². The largest absolute Gasteiger partial charge is 0.508 e. The lowest BCUT2D eigenvalue weighted by atomic mass is 10.0. The van der Waals surface area contributed by atoms with Crippen LogP contribution < -0.4 is 10.2 Å². The number of allylic oxidation sites excluding steroid dienone is 1. The van der Waals surface area contributed by atoms with Gasteiger partial charge in [-0.3, -0.25) is 4.90 Å². The van der Waals surface area contributed by atoms with Gasteiger partial charge in [0.2, 0.25) is 0 Å². The number of aromatic nitrogens is 2. The number of benzene rings is 2. The summed E-state index contributed by atoms with van der Waals surface area (Å²) in [5.74, 6) is 1.06. The third kappa shape index (κ3) is 4.23. The fourth-order valence-corrected chi connectivity index (χ4v) is 4.08. The highest BCUT2D eigenvalue weighted by Gasteiger charge is 2.22. The smallest absolute Gasteiger partial charge is 0.177 e. The SMILES string of the molecule is CCC=C(c1cc(CC)c(O)cc1O)N(C(=S)NC)c1ccc2c(c1)nc(C)n2CC. The Balaban J connectivity index is 2.22. The van der Waals surface area contributed by atoms with E-state index >= 15 is 0 Å². The van der Waals surface area contributed by atoms with E-state index in [1.807, 2.05) is 49.9 Å². The normalized spacial score (nSPS) is 11.7. The van der Waals surface area contributed by atoms with Crippen LogP contribution in [0.1, 0.15) is 44.1 Å². The molecule has 0 spiro atoms. The number of nitrogens with zero attached hydrogens (tertiary/aromatic N) is 3. The molecular formula is C24H30N4O2S. The van der Waals surface area contributed by atoms with Crippen LogP contribution in [0, 0.1) is 6.92 Å². The molecule has 0 unspecified atom stereocenters. The van der Waals surface area contributed by atoms with Crippen LogP contribution in [0.25, 0.3) is 16.7 Å². The second-order valence-electron chi connectivity index (χ2n) is 7.32. The number of anilines is 1. The molecule has 0 radical (unpaired) electrons. The van der Waals surface area contributed by atoms with E-state index in [1.54, 1.807) is 7.05 Å². The Hall–Kier alpha value is -3.06. The summed E-state index contributed by atoms with van der Waals surface area (Å²) in [6, 6.07) is 9.30. The van der Waals surface area contributed by atoms with Crippen molar-refractivity contribution < 1.29 is 10.2 Å². The Kier molecular flexibility index (Phi) is 6.85. The summed E-state index contributed by atoms with van der Waals surface area (Å²) >= 11 is 5.67. The van der Waals surface area contributed by atoms with E-state index in [0.717, 1.165) is 46.8 Å². The van der Waals surface area contributed by atoms with Crippen LogP contribution in [0.3, 0.4) is 0 Å². The standard InChI is InChI=1S/C24H30N4O2S/c1-6-9-20(18-12-16(7-2)22(29)14-23(18)30)28(24(31)25-5)17-10-11-21-19(13-17)26-15(4)27(21)8-3/h9-14,29-30H,6-8H2,1-5H3,(H,25,31). The van der Waals surface area contributed by atoms with E-state index in [2.05, 4.69) is 22.9 Å². The molecule has 7 heteroatoms.